The van der Waals surface area contributed by atoms with Gasteiger partial charge in [-0.15, -0.1) is 0 Å². The third kappa shape index (κ3) is 3.33. The predicted octanol–water partition coefficient (Wildman–Crippen LogP) is 3.02. The second-order valence-electron chi connectivity index (χ2n) is 4.90. The van der Waals surface area contributed by atoms with Crippen molar-refractivity contribution < 1.29 is 4.92 Å². The van der Waals surface area contributed by atoms with Gasteiger partial charge >= 0.3 is 5.69 Å². The highest BCUT2D eigenvalue weighted by molar-refractivity contribution is 5.61. The van der Waals surface area contributed by atoms with Gasteiger partial charge in [0, 0.05) is 18.7 Å². The lowest BCUT2D eigenvalue weighted by molar-refractivity contribution is -0.384. The van der Waals surface area contributed by atoms with E-state index in [1.54, 1.807) is 6.07 Å². The molecule has 1 aromatic rings. The van der Waals surface area contributed by atoms with Gasteiger partial charge in [-0.3, -0.25) is 10.1 Å². The van der Waals surface area contributed by atoms with E-state index in [2.05, 4.69) is 29.5 Å². The van der Waals surface area contributed by atoms with Crippen molar-refractivity contribution in [2.75, 3.05) is 17.2 Å². The van der Waals surface area contributed by atoms with E-state index in [1.165, 1.54) is 6.07 Å². The van der Waals surface area contributed by atoms with Gasteiger partial charge in [0.1, 0.15) is 5.82 Å². The zero-order valence-corrected chi connectivity index (χ0v) is 11.3. The van der Waals surface area contributed by atoms with E-state index in [9.17, 15) is 10.1 Å². The first-order valence-corrected chi connectivity index (χ1v) is 6.81. The van der Waals surface area contributed by atoms with E-state index in [4.69, 9.17) is 0 Å². The Kier molecular flexibility index (Phi) is 4.19. The van der Waals surface area contributed by atoms with Gasteiger partial charge in [-0.25, -0.2) is 4.98 Å². The van der Waals surface area contributed by atoms with Crippen LogP contribution in [0, 0.1) is 16.0 Å². The second kappa shape index (κ2) is 5.86. The van der Waals surface area contributed by atoms with Crippen LogP contribution >= 0.6 is 0 Å². The lowest BCUT2D eigenvalue weighted by Crippen LogP contribution is -2.10. The van der Waals surface area contributed by atoms with Crippen molar-refractivity contribution in [1.29, 1.82) is 0 Å². The van der Waals surface area contributed by atoms with Crippen molar-refractivity contribution in [3.8, 4) is 0 Å². The highest BCUT2D eigenvalue weighted by Crippen LogP contribution is 2.37. The van der Waals surface area contributed by atoms with Crippen molar-refractivity contribution in [3.63, 3.8) is 0 Å². The molecule has 0 saturated heterocycles. The minimum absolute atomic E-state index is 0.0452. The number of aromatic nitrogens is 1. The van der Waals surface area contributed by atoms with Crippen molar-refractivity contribution in [2.24, 2.45) is 5.92 Å². The van der Waals surface area contributed by atoms with Crippen LogP contribution in [-0.2, 0) is 0 Å². The van der Waals surface area contributed by atoms with Crippen LogP contribution in [0.5, 0.6) is 0 Å². The first kappa shape index (κ1) is 13.6. The molecule has 6 nitrogen and oxygen atoms in total. The highest BCUT2D eigenvalue weighted by atomic mass is 16.6. The molecule has 0 aliphatic heterocycles. The third-order valence-corrected chi connectivity index (χ3v) is 3.40. The predicted molar refractivity (Wildman–Crippen MR) is 75.5 cm³/mol. The molecule has 1 heterocycles. The summed E-state index contributed by atoms with van der Waals surface area (Å²) in [5.74, 6) is 1.68. The van der Waals surface area contributed by atoms with Gasteiger partial charge in [0.2, 0.25) is 5.82 Å². The van der Waals surface area contributed by atoms with Gasteiger partial charge in [-0.2, -0.15) is 0 Å². The van der Waals surface area contributed by atoms with Crippen LogP contribution in [0.1, 0.15) is 33.1 Å². The Morgan fingerprint density at radius 3 is 2.84 bits per heavy atom. The third-order valence-electron chi connectivity index (χ3n) is 3.40. The Hall–Kier alpha value is -1.85. The van der Waals surface area contributed by atoms with E-state index < -0.39 is 0 Å². The molecule has 0 bridgehead atoms. The van der Waals surface area contributed by atoms with Crippen LogP contribution < -0.4 is 10.6 Å². The van der Waals surface area contributed by atoms with E-state index >= 15 is 0 Å². The molecule has 0 amide bonds. The topological polar surface area (TPSA) is 80.1 Å². The zero-order valence-electron chi connectivity index (χ0n) is 11.3. The van der Waals surface area contributed by atoms with Gasteiger partial charge in [0.25, 0.3) is 0 Å². The molecule has 2 N–H and O–H groups in total. The van der Waals surface area contributed by atoms with Crippen LogP contribution in [0.2, 0.25) is 0 Å². The van der Waals surface area contributed by atoms with Gasteiger partial charge < -0.3 is 10.6 Å². The fraction of sp³-hybridized carbons (Fsp3) is 0.615. The van der Waals surface area contributed by atoms with Gasteiger partial charge in [-0.05, 0) is 24.8 Å². The summed E-state index contributed by atoms with van der Waals surface area (Å²) >= 11 is 0. The smallest absolute Gasteiger partial charge is 0.311 e. The average Bonchev–Trinajstić information content (AvgIpc) is 3.14. The van der Waals surface area contributed by atoms with Crippen LogP contribution in [0.25, 0.3) is 0 Å². The molecule has 0 spiro atoms. The highest BCUT2D eigenvalue weighted by Gasteiger charge is 2.36. The second-order valence-corrected chi connectivity index (χ2v) is 4.90. The maximum absolute atomic E-state index is 11.0. The van der Waals surface area contributed by atoms with Crippen LogP contribution in [0.15, 0.2) is 12.1 Å². The average molecular weight is 264 g/mol. The van der Waals surface area contributed by atoms with Gasteiger partial charge in [-0.1, -0.05) is 20.3 Å². The van der Waals surface area contributed by atoms with Gasteiger partial charge in [0.15, 0.2) is 0 Å². The molecule has 1 saturated carbocycles. The number of rotatable bonds is 7. The number of hydrogen-bond donors (Lipinski definition) is 2. The molecule has 19 heavy (non-hydrogen) atoms. The molecule has 2 atom stereocenters. The summed E-state index contributed by atoms with van der Waals surface area (Å²) in [6.07, 6.45) is 3.16. The number of nitro groups is 1. The molecule has 1 fully saturated rings. The van der Waals surface area contributed by atoms with Crippen molar-refractivity contribution in [3.05, 3.63) is 22.2 Å². The Bertz CT molecular complexity index is 464. The summed E-state index contributed by atoms with van der Waals surface area (Å²) in [7, 11) is 0. The standard InChI is InChI=1S/C13H20N4O2/c1-3-7-14-12-6-5-11(17(18)19)13(16-12)15-10-8-9(10)4-2/h5-6,9-10H,3-4,7-8H2,1-2H3,(H2,14,15,16). The molecule has 104 valence electrons. The SMILES string of the molecule is CCCNc1ccc([N+](=O)[O-])c(NC2CC2CC)n1. The summed E-state index contributed by atoms with van der Waals surface area (Å²) in [5, 5.41) is 17.3. The van der Waals surface area contributed by atoms with Crippen LogP contribution in [-0.4, -0.2) is 22.5 Å². The van der Waals surface area contributed by atoms with E-state index in [0.717, 1.165) is 25.8 Å². The fourth-order valence-electron chi connectivity index (χ4n) is 2.11. The summed E-state index contributed by atoms with van der Waals surface area (Å²) in [6.45, 7) is 5.01. The quantitative estimate of drug-likeness (QED) is 0.584. The van der Waals surface area contributed by atoms with Crippen molar-refractivity contribution in [1.82, 2.24) is 4.98 Å². The maximum Gasteiger partial charge on any atom is 0.311 e. The monoisotopic (exact) mass is 264 g/mol. The lowest BCUT2D eigenvalue weighted by atomic mass is 10.3. The molecular weight excluding hydrogens is 244 g/mol. The Morgan fingerprint density at radius 1 is 1.47 bits per heavy atom. The molecule has 1 aliphatic carbocycles. The number of nitrogens with one attached hydrogen (secondary N) is 2. The Labute approximate surface area is 112 Å². The summed E-state index contributed by atoms with van der Waals surface area (Å²) < 4.78 is 0. The summed E-state index contributed by atoms with van der Waals surface area (Å²) in [5.41, 5.74) is 0.0452. The van der Waals surface area contributed by atoms with Crippen molar-refractivity contribution in [2.45, 2.75) is 39.2 Å². The minimum atomic E-state index is -0.387. The lowest BCUT2D eigenvalue weighted by Gasteiger charge is -2.09. The molecule has 0 radical (unpaired) electrons. The van der Waals surface area contributed by atoms with Crippen LogP contribution in [0.3, 0.4) is 0 Å². The minimum Gasteiger partial charge on any atom is -0.370 e. The largest absolute Gasteiger partial charge is 0.370 e. The zero-order chi connectivity index (χ0) is 13.8. The first-order valence-electron chi connectivity index (χ1n) is 6.81. The van der Waals surface area contributed by atoms with E-state index in [-0.39, 0.29) is 10.6 Å². The molecule has 6 heteroatoms. The molecule has 2 unspecified atom stereocenters. The normalized spacial score (nSPS) is 20.9. The van der Waals surface area contributed by atoms with Crippen molar-refractivity contribution >= 4 is 17.3 Å². The van der Waals surface area contributed by atoms with E-state index in [0.29, 0.717) is 23.6 Å². The fourth-order valence-corrected chi connectivity index (χ4v) is 2.11. The maximum atomic E-state index is 11.0. The summed E-state index contributed by atoms with van der Waals surface area (Å²) in [4.78, 5) is 14.9. The Morgan fingerprint density at radius 2 is 2.26 bits per heavy atom. The molecule has 1 aliphatic rings. The van der Waals surface area contributed by atoms with Gasteiger partial charge in [0.05, 0.1) is 4.92 Å². The molecule has 0 aromatic carbocycles. The van der Waals surface area contributed by atoms with E-state index in [1.807, 2.05) is 0 Å². The summed E-state index contributed by atoms with van der Waals surface area (Å²) in [6, 6.07) is 3.50. The Balaban J connectivity index is 2.14. The number of pyridine rings is 1. The molecule has 2 rings (SSSR count). The first-order chi connectivity index (χ1) is 9.15. The number of hydrogen-bond acceptors (Lipinski definition) is 5. The number of nitrogens with zero attached hydrogens (tertiary/aromatic N) is 2. The van der Waals surface area contributed by atoms with Crippen LogP contribution in [0.4, 0.5) is 17.3 Å². The molecular formula is C13H20N4O2. The number of anilines is 2. The molecule has 1 aromatic heterocycles.